The van der Waals surface area contributed by atoms with Crippen molar-refractivity contribution in [3.05, 3.63) is 64.7 Å². The van der Waals surface area contributed by atoms with Crippen molar-refractivity contribution in [1.29, 1.82) is 0 Å². The van der Waals surface area contributed by atoms with Crippen molar-refractivity contribution < 1.29 is 35.3 Å². The number of Topliss-reactive ketones (excluding diaryl/α,β-unsaturated/α-hetero) is 1. The largest absolute Gasteiger partial charge is 0.443 e. The number of nitrogens with zero attached hydrogens (tertiary/aromatic N) is 2. The fraction of sp³-hybridized carbons (Fsp3) is 0.548. The molecule has 43 heavy (non-hydrogen) atoms. The van der Waals surface area contributed by atoms with Gasteiger partial charge in [-0.05, 0) is 94.0 Å². The molecule has 10 nitrogen and oxygen atoms in total. The van der Waals surface area contributed by atoms with Gasteiger partial charge in [0, 0.05) is 31.7 Å². The van der Waals surface area contributed by atoms with E-state index >= 15 is 0 Å². The summed E-state index contributed by atoms with van der Waals surface area (Å²) in [6.45, 7) is 5.44. The molecular weight excluding hydrogens is 592 g/mol. The molecule has 2 heterocycles. The number of likely N-dealkylation sites (tertiary alicyclic amines) is 1. The number of ether oxygens (including phenoxy) is 1. The third-order valence-corrected chi connectivity index (χ3v) is 11.4. The van der Waals surface area contributed by atoms with E-state index < -0.39 is 32.0 Å². The maximum absolute atomic E-state index is 13.8. The van der Waals surface area contributed by atoms with E-state index in [0.717, 1.165) is 42.4 Å². The Kier molecular flexibility index (Phi) is 9.04. The van der Waals surface area contributed by atoms with E-state index in [1.54, 1.807) is 35.2 Å². The fourth-order valence-corrected chi connectivity index (χ4v) is 7.50. The maximum Gasteiger partial charge on any atom is 0.410 e. The minimum absolute atomic E-state index is 0.0154. The molecule has 2 aromatic carbocycles. The SMILES string of the molecule is Cc1ccc(S(=O)(=O)OC(CCC2CCN(C(=O)OC3(C)CC3)CC2)C(=O)c2ccc3c(c2)CCN(S(C)(=O)=O)C3)cc1. The molecule has 1 saturated carbocycles. The number of rotatable bonds is 10. The number of fused-ring (bicyclic) bond motifs is 1. The van der Waals surface area contributed by atoms with Crippen LogP contribution in [0.1, 0.15) is 72.5 Å². The quantitative estimate of drug-likeness (QED) is 0.278. The standard InChI is InChI=1S/C31H40N2O8S2/c1-22-4-9-27(10-5-22)43(38,39)41-28(11-6-23-12-17-32(18-13-23)30(35)40-31(2)15-16-31)29(34)25-7-8-26-21-33(42(3,36)37)19-14-24(26)20-25/h4-5,7-10,20,23,28H,6,11-19,21H2,1-3H3. The van der Waals surface area contributed by atoms with E-state index in [9.17, 15) is 26.4 Å². The summed E-state index contributed by atoms with van der Waals surface area (Å²) < 4.78 is 63.2. The minimum Gasteiger partial charge on any atom is -0.443 e. The fourth-order valence-electron chi connectivity index (χ4n) is 5.63. The summed E-state index contributed by atoms with van der Waals surface area (Å²) in [5, 5.41) is 0. The highest BCUT2D eigenvalue weighted by atomic mass is 32.2. The van der Waals surface area contributed by atoms with Gasteiger partial charge in [0.1, 0.15) is 11.7 Å². The highest BCUT2D eigenvalue weighted by Gasteiger charge is 2.43. The van der Waals surface area contributed by atoms with Gasteiger partial charge < -0.3 is 9.64 Å². The lowest BCUT2D eigenvalue weighted by molar-refractivity contribution is 0.0475. The number of aryl methyl sites for hydroxylation is 1. The number of carbonyl (C=O) groups is 2. The van der Waals surface area contributed by atoms with Crippen molar-refractivity contribution in [1.82, 2.24) is 9.21 Å². The summed E-state index contributed by atoms with van der Waals surface area (Å²) in [7, 11) is -7.56. The van der Waals surface area contributed by atoms with Gasteiger partial charge in [0.05, 0.1) is 11.2 Å². The number of benzene rings is 2. The van der Waals surface area contributed by atoms with Gasteiger partial charge in [-0.3, -0.25) is 8.98 Å². The third-order valence-electron chi connectivity index (χ3n) is 8.78. The monoisotopic (exact) mass is 632 g/mol. The molecule has 1 aliphatic carbocycles. The molecule has 0 bridgehead atoms. The van der Waals surface area contributed by atoms with Crippen LogP contribution in [0.5, 0.6) is 0 Å². The van der Waals surface area contributed by atoms with E-state index in [1.165, 1.54) is 22.7 Å². The molecule has 2 aromatic rings. The first-order valence-corrected chi connectivity index (χ1v) is 18.1. The highest BCUT2D eigenvalue weighted by Crippen LogP contribution is 2.39. The van der Waals surface area contributed by atoms with Gasteiger partial charge in [0.25, 0.3) is 10.1 Å². The molecule has 0 radical (unpaired) electrons. The number of ketones is 1. The Morgan fingerprint density at radius 2 is 1.65 bits per heavy atom. The molecule has 2 aliphatic heterocycles. The maximum atomic E-state index is 13.8. The number of hydrogen-bond acceptors (Lipinski definition) is 8. The second-order valence-corrected chi connectivity index (χ2v) is 15.9. The van der Waals surface area contributed by atoms with E-state index in [0.29, 0.717) is 38.0 Å². The normalized spacial score (nSPS) is 19.8. The third kappa shape index (κ3) is 7.84. The molecule has 3 aliphatic rings. The molecular formula is C31H40N2O8S2. The number of amides is 1. The number of hydrogen-bond donors (Lipinski definition) is 0. The molecule has 2 fully saturated rings. The Balaban J connectivity index is 1.29. The molecule has 1 saturated heterocycles. The molecule has 5 rings (SSSR count). The van der Waals surface area contributed by atoms with Crippen LogP contribution in [0.15, 0.2) is 47.4 Å². The van der Waals surface area contributed by atoms with Gasteiger partial charge in [-0.15, -0.1) is 0 Å². The highest BCUT2D eigenvalue weighted by molar-refractivity contribution is 7.88. The van der Waals surface area contributed by atoms with Crippen molar-refractivity contribution in [3.8, 4) is 0 Å². The molecule has 1 amide bonds. The van der Waals surface area contributed by atoms with Crippen LogP contribution < -0.4 is 0 Å². The van der Waals surface area contributed by atoms with Gasteiger partial charge >= 0.3 is 6.09 Å². The first-order valence-electron chi connectivity index (χ1n) is 14.8. The number of carbonyl (C=O) groups excluding carboxylic acids is 2. The summed E-state index contributed by atoms with van der Waals surface area (Å²) >= 11 is 0. The average molecular weight is 633 g/mol. The Morgan fingerprint density at radius 1 is 0.977 bits per heavy atom. The van der Waals surface area contributed by atoms with Crippen molar-refractivity contribution in [2.45, 2.75) is 81.9 Å². The Bertz CT molecular complexity index is 1580. The summed E-state index contributed by atoms with van der Waals surface area (Å²) in [5.74, 6) is -0.227. The van der Waals surface area contributed by atoms with Gasteiger partial charge in [-0.1, -0.05) is 29.8 Å². The second-order valence-electron chi connectivity index (χ2n) is 12.4. The molecule has 0 spiro atoms. The summed E-state index contributed by atoms with van der Waals surface area (Å²) in [5.41, 5.74) is 2.59. The summed E-state index contributed by atoms with van der Waals surface area (Å²) in [4.78, 5) is 28.0. The van der Waals surface area contributed by atoms with Crippen LogP contribution in [-0.4, -0.2) is 75.5 Å². The van der Waals surface area contributed by atoms with Crippen LogP contribution in [0.25, 0.3) is 0 Å². The van der Waals surface area contributed by atoms with Crippen LogP contribution in [0, 0.1) is 12.8 Å². The molecule has 12 heteroatoms. The van der Waals surface area contributed by atoms with Gasteiger partial charge in [0.2, 0.25) is 10.0 Å². The van der Waals surface area contributed by atoms with Crippen molar-refractivity contribution >= 4 is 32.0 Å². The van der Waals surface area contributed by atoms with Crippen molar-refractivity contribution in [2.24, 2.45) is 5.92 Å². The van der Waals surface area contributed by atoms with E-state index in [1.807, 2.05) is 13.8 Å². The smallest absolute Gasteiger partial charge is 0.410 e. The molecule has 1 unspecified atom stereocenters. The van der Waals surface area contributed by atoms with Gasteiger partial charge in [-0.2, -0.15) is 12.7 Å². The van der Waals surface area contributed by atoms with Crippen LogP contribution in [0.4, 0.5) is 4.79 Å². The Hall–Kier alpha value is -2.80. The second kappa shape index (κ2) is 12.3. The van der Waals surface area contributed by atoms with Crippen molar-refractivity contribution in [2.75, 3.05) is 25.9 Å². The molecule has 0 aromatic heterocycles. The number of sulfonamides is 1. The molecule has 234 valence electrons. The van der Waals surface area contributed by atoms with Gasteiger partial charge in [-0.25, -0.2) is 13.2 Å². The predicted molar refractivity (Wildman–Crippen MR) is 161 cm³/mol. The Labute approximate surface area is 254 Å². The first kappa shape index (κ1) is 31.6. The van der Waals surface area contributed by atoms with E-state index in [-0.39, 0.29) is 35.5 Å². The zero-order valence-corrected chi connectivity index (χ0v) is 26.6. The molecule has 0 N–H and O–H groups in total. The van der Waals surface area contributed by atoms with Crippen LogP contribution in [0.3, 0.4) is 0 Å². The zero-order chi connectivity index (χ0) is 31.0. The lowest BCUT2D eigenvalue weighted by atomic mass is 9.89. The van der Waals surface area contributed by atoms with Gasteiger partial charge in [0.15, 0.2) is 5.78 Å². The van der Waals surface area contributed by atoms with Crippen molar-refractivity contribution in [3.63, 3.8) is 0 Å². The minimum atomic E-state index is -4.22. The summed E-state index contributed by atoms with van der Waals surface area (Å²) in [6.07, 6.45) is 4.13. The van der Waals surface area contributed by atoms with Crippen LogP contribution in [0.2, 0.25) is 0 Å². The number of piperidine rings is 1. The van der Waals surface area contributed by atoms with E-state index in [2.05, 4.69) is 0 Å². The Morgan fingerprint density at radius 3 is 2.28 bits per heavy atom. The zero-order valence-electron chi connectivity index (χ0n) is 25.0. The van der Waals surface area contributed by atoms with E-state index in [4.69, 9.17) is 8.92 Å². The summed E-state index contributed by atoms with van der Waals surface area (Å²) in [6, 6.07) is 11.4. The topological polar surface area (TPSA) is 127 Å². The lowest BCUT2D eigenvalue weighted by Crippen LogP contribution is -2.40. The first-order chi connectivity index (χ1) is 20.2. The van der Waals surface area contributed by atoms with Crippen LogP contribution in [-0.2, 0) is 42.0 Å². The lowest BCUT2D eigenvalue weighted by Gasteiger charge is -2.32. The predicted octanol–water partition coefficient (Wildman–Crippen LogP) is 4.45. The van der Waals surface area contributed by atoms with Crippen LogP contribution >= 0.6 is 0 Å². The average Bonchev–Trinajstić information content (AvgIpc) is 3.70. The molecule has 1 atom stereocenters.